The Morgan fingerprint density at radius 1 is 0.824 bits per heavy atom. The van der Waals surface area contributed by atoms with E-state index in [1.54, 1.807) is 36.4 Å². The van der Waals surface area contributed by atoms with Crippen LogP contribution in [0, 0.1) is 6.92 Å². The number of aryl methyl sites for hydroxylation is 2. The first-order chi connectivity index (χ1) is 16.3. The molecule has 0 aromatic heterocycles. The predicted octanol–water partition coefficient (Wildman–Crippen LogP) is 5.54. The van der Waals surface area contributed by atoms with Crippen LogP contribution in [0.5, 0.6) is 11.5 Å². The summed E-state index contributed by atoms with van der Waals surface area (Å²) < 4.78 is 39.0. The zero-order chi connectivity index (χ0) is 24.6. The Labute approximate surface area is 202 Å². The number of rotatable bonds is 11. The van der Waals surface area contributed by atoms with Crippen LogP contribution >= 0.6 is 0 Å². The zero-order valence-electron chi connectivity index (χ0n) is 19.9. The number of carbonyl (C=O) groups is 1. The van der Waals surface area contributed by atoms with Crippen molar-refractivity contribution in [3.63, 3.8) is 0 Å². The van der Waals surface area contributed by atoms with E-state index in [0.717, 1.165) is 22.0 Å². The Morgan fingerprint density at radius 2 is 1.41 bits per heavy atom. The molecule has 0 radical (unpaired) electrons. The molecule has 180 valence electrons. The molecule has 0 heterocycles. The molecule has 1 amide bonds. The molecule has 0 aliphatic heterocycles. The highest BCUT2D eigenvalue weighted by Crippen LogP contribution is 2.27. The summed E-state index contributed by atoms with van der Waals surface area (Å²) in [7, 11) is -4.09. The lowest BCUT2D eigenvalue weighted by Gasteiger charge is -2.23. The van der Waals surface area contributed by atoms with Crippen LogP contribution in [0.15, 0.2) is 77.7 Å². The van der Waals surface area contributed by atoms with Crippen molar-refractivity contribution in [3.05, 3.63) is 83.9 Å². The minimum Gasteiger partial charge on any atom is -0.494 e. The third-order valence-corrected chi connectivity index (χ3v) is 7.07. The highest BCUT2D eigenvalue weighted by atomic mass is 32.2. The molecule has 7 heteroatoms. The third-order valence-electron chi connectivity index (χ3n) is 5.30. The van der Waals surface area contributed by atoms with E-state index >= 15 is 0 Å². The van der Waals surface area contributed by atoms with Crippen LogP contribution in [0.1, 0.15) is 37.8 Å². The number of benzene rings is 3. The summed E-state index contributed by atoms with van der Waals surface area (Å²) in [6.07, 6.45) is 1.35. The van der Waals surface area contributed by atoms with Crippen molar-refractivity contribution in [1.82, 2.24) is 0 Å². The van der Waals surface area contributed by atoms with Crippen molar-refractivity contribution in [2.45, 2.75) is 44.9 Å². The van der Waals surface area contributed by atoms with Gasteiger partial charge in [0.05, 0.1) is 23.8 Å². The van der Waals surface area contributed by atoms with Crippen molar-refractivity contribution < 1.29 is 22.7 Å². The fourth-order valence-corrected chi connectivity index (χ4v) is 4.86. The van der Waals surface area contributed by atoms with E-state index in [1.165, 1.54) is 17.7 Å². The zero-order valence-corrected chi connectivity index (χ0v) is 20.7. The molecule has 0 N–H and O–H groups in total. The van der Waals surface area contributed by atoms with Gasteiger partial charge in [-0.2, -0.15) is 0 Å². The van der Waals surface area contributed by atoms with E-state index in [1.807, 2.05) is 38.1 Å². The summed E-state index contributed by atoms with van der Waals surface area (Å²) in [6.45, 7) is 6.62. The van der Waals surface area contributed by atoms with E-state index in [2.05, 4.69) is 6.92 Å². The quantitative estimate of drug-likeness (QED) is 0.336. The fourth-order valence-electron chi connectivity index (χ4n) is 3.41. The van der Waals surface area contributed by atoms with Crippen molar-refractivity contribution in [3.8, 4) is 11.5 Å². The van der Waals surface area contributed by atoms with E-state index in [9.17, 15) is 13.2 Å². The minimum atomic E-state index is -4.09. The molecule has 0 fully saturated rings. The van der Waals surface area contributed by atoms with Gasteiger partial charge in [-0.1, -0.05) is 36.8 Å². The summed E-state index contributed by atoms with van der Waals surface area (Å²) in [6, 6.07) is 20.7. The van der Waals surface area contributed by atoms with Crippen LogP contribution in [0.25, 0.3) is 0 Å². The number of amides is 1. The highest BCUT2D eigenvalue weighted by Gasteiger charge is 2.30. The number of hydrogen-bond acceptors (Lipinski definition) is 5. The van der Waals surface area contributed by atoms with Crippen molar-refractivity contribution in [1.29, 1.82) is 0 Å². The number of sulfonamides is 1. The third kappa shape index (κ3) is 6.38. The van der Waals surface area contributed by atoms with Gasteiger partial charge in [0.1, 0.15) is 11.5 Å². The van der Waals surface area contributed by atoms with Gasteiger partial charge >= 0.3 is 0 Å². The highest BCUT2D eigenvalue weighted by molar-refractivity contribution is 7.93. The Morgan fingerprint density at radius 3 is 2.00 bits per heavy atom. The normalized spacial score (nSPS) is 11.1. The van der Waals surface area contributed by atoms with E-state index in [-0.39, 0.29) is 17.0 Å². The molecule has 34 heavy (non-hydrogen) atoms. The molecule has 0 unspecified atom stereocenters. The molecular formula is C27H31NO5S. The number of hydrogen-bond donors (Lipinski definition) is 0. The van der Waals surface area contributed by atoms with Crippen LogP contribution in [-0.2, 0) is 21.2 Å². The van der Waals surface area contributed by atoms with Crippen LogP contribution in [0.4, 0.5) is 5.69 Å². The summed E-state index contributed by atoms with van der Waals surface area (Å²) >= 11 is 0. The van der Waals surface area contributed by atoms with Crippen molar-refractivity contribution >= 4 is 21.6 Å². The number of carbonyl (C=O) groups excluding carboxylic acids is 1. The van der Waals surface area contributed by atoms with Gasteiger partial charge in [-0.25, -0.2) is 12.7 Å². The average Bonchev–Trinajstić information content (AvgIpc) is 2.84. The molecule has 0 aliphatic rings. The van der Waals surface area contributed by atoms with Gasteiger partial charge in [0.2, 0.25) is 5.91 Å². The maximum atomic E-state index is 13.5. The number of ether oxygens (including phenoxy) is 2. The first kappa shape index (κ1) is 25.3. The average molecular weight is 482 g/mol. The van der Waals surface area contributed by atoms with Gasteiger partial charge in [0, 0.05) is 6.42 Å². The van der Waals surface area contributed by atoms with Gasteiger partial charge in [0.25, 0.3) is 10.0 Å². The SMILES string of the molecule is CCOc1ccc(N(C(=O)CCCOc2ccc(CC)cc2)S(=O)(=O)c2ccc(C)cc2)cc1. The minimum absolute atomic E-state index is 0.0192. The molecule has 0 bridgehead atoms. The van der Waals surface area contributed by atoms with Crippen LogP contribution < -0.4 is 13.8 Å². The number of nitrogens with zero attached hydrogens (tertiary/aromatic N) is 1. The van der Waals surface area contributed by atoms with Crippen molar-refractivity contribution in [2.24, 2.45) is 0 Å². The lowest BCUT2D eigenvalue weighted by atomic mass is 10.2. The monoisotopic (exact) mass is 481 g/mol. The van der Waals surface area contributed by atoms with Crippen LogP contribution in [0.2, 0.25) is 0 Å². The summed E-state index contributed by atoms with van der Waals surface area (Å²) in [5.41, 5.74) is 2.42. The second-order valence-electron chi connectivity index (χ2n) is 7.85. The molecule has 3 aromatic carbocycles. The molecule has 0 atom stereocenters. The Kier molecular flexibility index (Phi) is 8.71. The van der Waals surface area contributed by atoms with Crippen molar-refractivity contribution in [2.75, 3.05) is 17.5 Å². The molecule has 0 spiro atoms. The topological polar surface area (TPSA) is 72.9 Å². The van der Waals surface area contributed by atoms with Gasteiger partial charge in [-0.05, 0) is 80.8 Å². The first-order valence-electron chi connectivity index (χ1n) is 11.4. The summed E-state index contributed by atoms with van der Waals surface area (Å²) in [4.78, 5) is 13.3. The van der Waals surface area contributed by atoms with Gasteiger partial charge in [-0.15, -0.1) is 0 Å². The molecular weight excluding hydrogens is 450 g/mol. The molecule has 0 saturated carbocycles. The second kappa shape index (κ2) is 11.7. The summed E-state index contributed by atoms with van der Waals surface area (Å²) in [5.74, 6) is 0.809. The standard InChI is InChI=1S/C27H31NO5S/c1-4-22-10-14-25(15-11-22)33-20-6-7-27(29)28(23-12-16-24(17-13-23)32-5-2)34(30,31)26-18-8-21(3)9-19-26/h8-19H,4-7,20H2,1-3H3. The Balaban J connectivity index is 1.76. The Hall–Kier alpha value is -3.32. The molecule has 3 aromatic rings. The van der Waals surface area contributed by atoms with Crippen LogP contribution in [-0.4, -0.2) is 27.5 Å². The lowest BCUT2D eigenvalue weighted by Crippen LogP contribution is -2.37. The number of anilines is 1. The smallest absolute Gasteiger partial charge is 0.270 e. The summed E-state index contributed by atoms with van der Waals surface area (Å²) in [5, 5.41) is 0. The fraction of sp³-hybridized carbons (Fsp3) is 0.296. The predicted molar refractivity (Wildman–Crippen MR) is 134 cm³/mol. The van der Waals surface area contributed by atoms with E-state index < -0.39 is 15.9 Å². The maximum absolute atomic E-state index is 13.5. The molecule has 3 rings (SSSR count). The van der Waals surface area contributed by atoms with E-state index in [0.29, 0.717) is 25.4 Å². The van der Waals surface area contributed by atoms with Gasteiger partial charge in [-0.3, -0.25) is 4.79 Å². The first-order valence-corrected chi connectivity index (χ1v) is 12.9. The Bertz CT molecular complexity index is 1170. The molecule has 0 saturated heterocycles. The van der Waals surface area contributed by atoms with E-state index in [4.69, 9.17) is 9.47 Å². The van der Waals surface area contributed by atoms with Gasteiger partial charge < -0.3 is 9.47 Å². The maximum Gasteiger partial charge on any atom is 0.270 e. The largest absolute Gasteiger partial charge is 0.494 e. The molecule has 6 nitrogen and oxygen atoms in total. The van der Waals surface area contributed by atoms with Gasteiger partial charge in [0.15, 0.2) is 0 Å². The second-order valence-corrected chi connectivity index (χ2v) is 9.64. The van der Waals surface area contributed by atoms with Crippen LogP contribution in [0.3, 0.4) is 0 Å². The lowest BCUT2D eigenvalue weighted by molar-refractivity contribution is -0.117. The molecule has 0 aliphatic carbocycles.